The number of H-pyrrole nitrogens is 1. The number of nitrogen functional groups attached to an aromatic ring is 1. The smallest absolute Gasteiger partial charge is 0.363 e. The summed E-state index contributed by atoms with van der Waals surface area (Å²) in [6, 6.07) is 4.19. The summed E-state index contributed by atoms with van der Waals surface area (Å²) in [6.45, 7) is 0. The molecule has 0 aliphatic carbocycles. The average Bonchev–Trinajstić information content (AvgIpc) is 2.60. The van der Waals surface area contributed by atoms with E-state index in [9.17, 15) is 17.6 Å². The lowest BCUT2D eigenvalue weighted by Gasteiger charge is -2.11. The number of fused-ring (bicyclic) bond motifs is 1. The Balaban J connectivity index is 2.55. The molecule has 0 fully saturated rings. The van der Waals surface area contributed by atoms with Crippen molar-refractivity contribution in [1.82, 2.24) is 9.97 Å². The lowest BCUT2D eigenvalue weighted by molar-refractivity contribution is -0.140. The van der Waals surface area contributed by atoms with E-state index in [0.29, 0.717) is 5.69 Å². The molecule has 1 aromatic heterocycles. The molecule has 0 spiro atoms. The van der Waals surface area contributed by atoms with E-state index in [1.165, 1.54) is 18.2 Å². The Labute approximate surface area is 87.3 Å². The fourth-order valence-corrected chi connectivity index (χ4v) is 1.29. The normalized spacial score (nSPS) is 12.6. The maximum atomic E-state index is 12.9. The minimum atomic E-state index is -4.28. The van der Waals surface area contributed by atoms with Crippen LogP contribution in [0.25, 0.3) is 11.0 Å². The topological polar surface area (TPSA) is 54.7 Å². The summed E-state index contributed by atoms with van der Waals surface area (Å²) in [5.74, 6) is -5.34. The van der Waals surface area contributed by atoms with Gasteiger partial charge < -0.3 is 10.7 Å². The van der Waals surface area contributed by atoms with Gasteiger partial charge in [0.25, 0.3) is 0 Å². The van der Waals surface area contributed by atoms with E-state index in [-0.39, 0.29) is 11.0 Å². The van der Waals surface area contributed by atoms with Gasteiger partial charge in [-0.1, -0.05) is 0 Å². The molecule has 0 bridgehead atoms. The number of anilines is 1. The van der Waals surface area contributed by atoms with Crippen LogP contribution in [0, 0.1) is 0 Å². The molecule has 1 aromatic carbocycles. The first-order valence-electron chi connectivity index (χ1n) is 4.33. The molecule has 2 aromatic rings. The van der Waals surface area contributed by atoms with E-state index < -0.39 is 18.2 Å². The highest BCUT2D eigenvalue weighted by molar-refractivity contribution is 5.78. The van der Waals surface area contributed by atoms with Crippen LogP contribution in [0.4, 0.5) is 23.2 Å². The predicted molar refractivity (Wildman–Crippen MR) is 50.4 cm³/mol. The number of aromatic amines is 1. The lowest BCUT2D eigenvalue weighted by atomic mass is 10.3. The highest BCUT2D eigenvalue weighted by atomic mass is 19.3. The van der Waals surface area contributed by atoms with Crippen molar-refractivity contribution < 1.29 is 17.6 Å². The van der Waals surface area contributed by atoms with Crippen molar-refractivity contribution in [3.8, 4) is 0 Å². The highest BCUT2D eigenvalue weighted by Gasteiger charge is 2.45. The molecule has 2 rings (SSSR count). The van der Waals surface area contributed by atoms with E-state index in [2.05, 4.69) is 9.97 Å². The van der Waals surface area contributed by atoms with E-state index >= 15 is 0 Å². The molecule has 3 N–H and O–H groups in total. The predicted octanol–water partition coefficient (Wildman–Crippen LogP) is 2.50. The quantitative estimate of drug-likeness (QED) is 0.618. The van der Waals surface area contributed by atoms with Crippen LogP contribution in [0.1, 0.15) is 5.82 Å². The molecule has 0 atom stereocenters. The van der Waals surface area contributed by atoms with Crippen LogP contribution in [-0.2, 0) is 5.92 Å². The van der Waals surface area contributed by atoms with Gasteiger partial charge in [0, 0.05) is 5.69 Å². The number of hydrogen-bond acceptors (Lipinski definition) is 2. The van der Waals surface area contributed by atoms with Crippen LogP contribution in [-0.4, -0.2) is 16.4 Å². The van der Waals surface area contributed by atoms with Gasteiger partial charge in [-0.3, -0.25) is 0 Å². The molecule has 0 aliphatic heterocycles. The number of halogens is 4. The average molecular weight is 233 g/mol. The van der Waals surface area contributed by atoms with Crippen LogP contribution < -0.4 is 5.73 Å². The number of alkyl halides is 4. The zero-order chi connectivity index (χ0) is 11.9. The number of aromatic nitrogens is 2. The van der Waals surface area contributed by atoms with E-state index in [4.69, 9.17) is 5.73 Å². The van der Waals surface area contributed by atoms with E-state index in [1.807, 2.05) is 0 Å². The van der Waals surface area contributed by atoms with Gasteiger partial charge in [-0.25, -0.2) is 13.8 Å². The molecule has 0 amide bonds. The second-order valence-corrected chi connectivity index (χ2v) is 3.29. The third kappa shape index (κ3) is 1.58. The maximum absolute atomic E-state index is 12.9. The van der Waals surface area contributed by atoms with Gasteiger partial charge in [0.15, 0.2) is 5.82 Å². The molecule has 1 heterocycles. The Morgan fingerprint density at radius 3 is 2.62 bits per heavy atom. The maximum Gasteiger partial charge on any atom is 0.363 e. The van der Waals surface area contributed by atoms with Crippen LogP contribution >= 0.6 is 0 Å². The summed E-state index contributed by atoms with van der Waals surface area (Å²) in [6.07, 6.45) is -3.80. The SMILES string of the molecule is Nc1ccc2nc(C(F)(F)C(F)F)[nH]c2c1. The second-order valence-electron chi connectivity index (χ2n) is 3.29. The minimum absolute atomic E-state index is 0.171. The van der Waals surface area contributed by atoms with Crippen molar-refractivity contribution >= 4 is 16.7 Å². The third-order valence-electron chi connectivity index (χ3n) is 2.10. The Hall–Kier alpha value is -1.79. The summed E-state index contributed by atoms with van der Waals surface area (Å²) in [7, 11) is 0. The molecule has 16 heavy (non-hydrogen) atoms. The third-order valence-corrected chi connectivity index (χ3v) is 2.10. The monoisotopic (exact) mass is 233 g/mol. The zero-order valence-electron chi connectivity index (χ0n) is 7.85. The Morgan fingerprint density at radius 2 is 2.00 bits per heavy atom. The molecule has 7 heteroatoms. The van der Waals surface area contributed by atoms with Gasteiger partial charge in [-0.2, -0.15) is 8.78 Å². The van der Waals surface area contributed by atoms with Crippen molar-refractivity contribution in [3.05, 3.63) is 24.0 Å². The second kappa shape index (κ2) is 3.36. The molecule has 0 aliphatic rings. The standard InChI is InChI=1S/C9H7F4N3/c10-7(11)9(12,13)8-15-5-2-1-4(14)3-6(5)16-8/h1-3,7H,14H2,(H,15,16). The van der Waals surface area contributed by atoms with Gasteiger partial charge in [0.1, 0.15) is 0 Å². The first kappa shape index (κ1) is 10.7. The number of nitrogens with zero attached hydrogens (tertiary/aromatic N) is 1. The molecule has 0 saturated heterocycles. The molecule has 0 unspecified atom stereocenters. The van der Waals surface area contributed by atoms with Gasteiger partial charge in [0.2, 0.25) is 0 Å². The Morgan fingerprint density at radius 1 is 1.31 bits per heavy atom. The summed E-state index contributed by atoms with van der Waals surface area (Å²) in [5, 5.41) is 0. The Kier molecular flexibility index (Phi) is 2.25. The fraction of sp³-hybridized carbons (Fsp3) is 0.222. The van der Waals surface area contributed by atoms with Crippen molar-refractivity contribution in [2.75, 3.05) is 5.73 Å². The molecule has 86 valence electrons. The van der Waals surface area contributed by atoms with Crippen molar-refractivity contribution in [2.45, 2.75) is 12.3 Å². The van der Waals surface area contributed by atoms with Crippen LogP contribution in [0.5, 0.6) is 0 Å². The summed E-state index contributed by atoms with van der Waals surface area (Å²) >= 11 is 0. The lowest BCUT2D eigenvalue weighted by Crippen LogP contribution is -2.25. The number of nitrogens with one attached hydrogen (secondary N) is 1. The van der Waals surface area contributed by atoms with Gasteiger partial charge >= 0.3 is 12.3 Å². The molecular weight excluding hydrogens is 226 g/mol. The van der Waals surface area contributed by atoms with E-state index in [1.54, 1.807) is 0 Å². The number of hydrogen-bond donors (Lipinski definition) is 2. The summed E-state index contributed by atoms with van der Waals surface area (Å²) in [4.78, 5) is 5.54. The fourth-order valence-electron chi connectivity index (χ4n) is 1.29. The summed E-state index contributed by atoms with van der Waals surface area (Å²) < 4.78 is 50.0. The number of nitrogens with two attached hydrogens (primary N) is 1. The molecular formula is C9H7F4N3. The Bertz CT molecular complexity index is 520. The zero-order valence-corrected chi connectivity index (χ0v) is 7.85. The van der Waals surface area contributed by atoms with Crippen LogP contribution in [0.3, 0.4) is 0 Å². The largest absolute Gasteiger partial charge is 0.399 e. The summed E-state index contributed by atoms with van der Waals surface area (Å²) in [5.41, 5.74) is 6.13. The van der Waals surface area contributed by atoms with Gasteiger partial charge in [0.05, 0.1) is 11.0 Å². The van der Waals surface area contributed by atoms with Gasteiger partial charge in [-0.05, 0) is 18.2 Å². The van der Waals surface area contributed by atoms with Crippen LogP contribution in [0.15, 0.2) is 18.2 Å². The molecule has 3 nitrogen and oxygen atoms in total. The molecule has 0 radical (unpaired) electrons. The van der Waals surface area contributed by atoms with E-state index in [0.717, 1.165) is 0 Å². The highest BCUT2D eigenvalue weighted by Crippen LogP contribution is 2.33. The number of imidazole rings is 1. The van der Waals surface area contributed by atoms with Crippen LogP contribution in [0.2, 0.25) is 0 Å². The van der Waals surface area contributed by atoms with Crippen molar-refractivity contribution in [2.24, 2.45) is 0 Å². The van der Waals surface area contributed by atoms with Crippen molar-refractivity contribution in [1.29, 1.82) is 0 Å². The van der Waals surface area contributed by atoms with Gasteiger partial charge in [-0.15, -0.1) is 0 Å². The first-order valence-corrected chi connectivity index (χ1v) is 4.33. The number of rotatable bonds is 2. The minimum Gasteiger partial charge on any atom is -0.399 e. The molecule has 0 saturated carbocycles. The number of benzene rings is 1. The first-order chi connectivity index (χ1) is 7.41. The van der Waals surface area contributed by atoms with Crippen molar-refractivity contribution in [3.63, 3.8) is 0 Å².